The van der Waals surface area contributed by atoms with Crippen molar-refractivity contribution in [2.24, 2.45) is 0 Å². The first-order chi connectivity index (χ1) is 18.1. The SMILES string of the molecule is COc1cccc(Cc2nsc(Oc3ccc(CC(=O)NCCc4ccc(OC)c(OC)c4)cc3)n2)c1. The Labute approximate surface area is 220 Å². The van der Waals surface area contributed by atoms with Gasteiger partial charge in [0.05, 0.1) is 27.8 Å². The fourth-order valence-corrected chi connectivity index (χ4v) is 4.29. The minimum Gasteiger partial charge on any atom is -0.497 e. The molecule has 9 heteroatoms. The van der Waals surface area contributed by atoms with Gasteiger partial charge in [-0.15, -0.1) is 0 Å². The minimum absolute atomic E-state index is 0.0412. The highest BCUT2D eigenvalue weighted by atomic mass is 32.1. The first-order valence-electron chi connectivity index (χ1n) is 11.8. The van der Waals surface area contributed by atoms with E-state index in [0.29, 0.717) is 47.7 Å². The van der Waals surface area contributed by atoms with E-state index in [2.05, 4.69) is 14.7 Å². The van der Waals surface area contributed by atoms with Crippen LogP contribution in [-0.2, 0) is 24.1 Å². The molecular weight excluding hydrogens is 490 g/mol. The normalized spacial score (nSPS) is 10.6. The van der Waals surface area contributed by atoms with Gasteiger partial charge in [-0.25, -0.2) is 0 Å². The van der Waals surface area contributed by atoms with Crippen molar-refractivity contribution in [2.45, 2.75) is 19.3 Å². The lowest BCUT2D eigenvalue weighted by Crippen LogP contribution is -2.27. The highest BCUT2D eigenvalue weighted by Gasteiger charge is 2.10. The maximum atomic E-state index is 12.4. The number of methoxy groups -OCH3 is 3. The Hall–Kier alpha value is -4.11. The Morgan fingerprint density at radius 1 is 0.838 bits per heavy atom. The molecule has 1 amide bonds. The van der Waals surface area contributed by atoms with Crippen molar-refractivity contribution in [1.82, 2.24) is 14.7 Å². The number of carbonyl (C=O) groups is 1. The number of hydrogen-bond acceptors (Lipinski definition) is 8. The average molecular weight is 520 g/mol. The van der Waals surface area contributed by atoms with Gasteiger partial charge in [0.1, 0.15) is 11.5 Å². The van der Waals surface area contributed by atoms with Crippen LogP contribution in [0.2, 0.25) is 0 Å². The number of nitrogens with zero attached hydrogens (tertiary/aromatic N) is 2. The summed E-state index contributed by atoms with van der Waals surface area (Å²) < 4.78 is 26.1. The summed E-state index contributed by atoms with van der Waals surface area (Å²) in [7, 11) is 4.86. The zero-order chi connectivity index (χ0) is 26.0. The van der Waals surface area contributed by atoms with Crippen LogP contribution in [-0.4, -0.2) is 43.1 Å². The number of rotatable bonds is 12. The molecule has 0 unspecified atom stereocenters. The summed E-state index contributed by atoms with van der Waals surface area (Å²) in [6.45, 7) is 0.532. The molecule has 8 nitrogen and oxygen atoms in total. The quantitative estimate of drug-likeness (QED) is 0.286. The third-order valence-corrected chi connectivity index (χ3v) is 6.26. The molecule has 0 aliphatic carbocycles. The zero-order valence-corrected chi connectivity index (χ0v) is 21.8. The molecule has 3 aromatic carbocycles. The molecular formula is C28H29N3O5S. The predicted octanol–water partition coefficient (Wildman–Crippen LogP) is 4.85. The zero-order valence-electron chi connectivity index (χ0n) is 21.0. The van der Waals surface area contributed by atoms with E-state index < -0.39 is 0 Å². The second-order valence-corrected chi connectivity index (χ2v) is 8.93. The number of amides is 1. The highest BCUT2D eigenvalue weighted by Crippen LogP contribution is 2.28. The van der Waals surface area contributed by atoms with E-state index in [1.54, 1.807) is 21.3 Å². The summed E-state index contributed by atoms with van der Waals surface area (Å²) in [6, 6.07) is 21.0. The smallest absolute Gasteiger partial charge is 0.298 e. The number of hydrogen-bond donors (Lipinski definition) is 1. The lowest BCUT2D eigenvalue weighted by Gasteiger charge is -2.10. The Morgan fingerprint density at radius 2 is 1.62 bits per heavy atom. The average Bonchev–Trinajstić information content (AvgIpc) is 3.36. The molecule has 0 aliphatic rings. The van der Waals surface area contributed by atoms with Crippen molar-refractivity contribution in [1.29, 1.82) is 0 Å². The van der Waals surface area contributed by atoms with Crippen LogP contribution in [0, 0.1) is 0 Å². The lowest BCUT2D eigenvalue weighted by molar-refractivity contribution is -0.120. The van der Waals surface area contributed by atoms with Crippen LogP contribution in [0.5, 0.6) is 28.2 Å². The number of aromatic nitrogens is 2. The first-order valence-corrected chi connectivity index (χ1v) is 12.5. The number of carbonyl (C=O) groups excluding carboxylic acids is 1. The van der Waals surface area contributed by atoms with Gasteiger partial charge in [-0.3, -0.25) is 4.79 Å². The van der Waals surface area contributed by atoms with E-state index in [9.17, 15) is 4.79 Å². The molecule has 0 aliphatic heterocycles. The molecule has 0 spiro atoms. The topological polar surface area (TPSA) is 91.8 Å². The number of ether oxygens (including phenoxy) is 4. The van der Waals surface area contributed by atoms with Gasteiger partial charge in [0.15, 0.2) is 17.3 Å². The molecule has 0 saturated carbocycles. The number of benzene rings is 3. The second kappa shape index (κ2) is 12.7. The molecule has 0 bridgehead atoms. The molecule has 192 valence electrons. The van der Waals surface area contributed by atoms with Crippen molar-refractivity contribution >= 4 is 17.4 Å². The van der Waals surface area contributed by atoms with E-state index >= 15 is 0 Å². The third-order valence-electron chi connectivity index (χ3n) is 5.62. The van der Waals surface area contributed by atoms with Crippen LogP contribution in [0.1, 0.15) is 22.5 Å². The van der Waals surface area contributed by atoms with Crippen molar-refractivity contribution in [3.8, 4) is 28.2 Å². The van der Waals surface area contributed by atoms with Gasteiger partial charge in [-0.1, -0.05) is 30.3 Å². The van der Waals surface area contributed by atoms with Gasteiger partial charge in [-0.2, -0.15) is 9.36 Å². The Balaban J connectivity index is 1.23. The van der Waals surface area contributed by atoms with E-state index in [1.165, 1.54) is 11.5 Å². The molecule has 0 radical (unpaired) electrons. The molecule has 0 fully saturated rings. The largest absolute Gasteiger partial charge is 0.497 e. The van der Waals surface area contributed by atoms with Crippen molar-refractivity contribution in [2.75, 3.05) is 27.9 Å². The number of nitrogens with one attached hydrogen (secondary N) is 1. The van der Waals surface area contributed by atoms with Crippen LogP contribution < -0.4 is 24.3 Å². The van der Waals surface area contributed by atoms with E-state index in [-0.39, 0.29) is 12.3 Å². The molecule has 37 heavy (non-hydrogen) atoms. The van der Waals surface area contributed by atoms with Gasteiger partial charge in [0, 0.05) is 24.5 Å². The fourth-order valence-electron chi connectivity index (χ4n) is 3.72. The summed E-state index contributed by atoms with van der Waals surface area (Å²) in [5, 5.41) is 3.43. The van der Waals surface area contributed by atoms with Crippen molar-refractivity contribution < 1.29 is 23.7 Å². The Bertz CT molecular complexity index is 1320. The van der Waals surface area contributed by atoms with Gasteiger partial charge < -0.3 is 24.3 Å². The lowest BCUT2D eigenvalue weighted by atomic mass is 10.1. The van der Waals surface area contributed by atoms with Gasteiger partial charge in [0.25, 0.3) is 5.19 Å². The summed E-state index contributed by atoms with van der Waals surface area (Å²) in [5.41, 5.74) is 3.02. The molecule has 4 aromatic rings. The van der Waals surface area contributed by atoms with Crippen molar-refractivity contribution in [3.63, 3.8) is 0 Å². The maximum Gasteiger partial charge on any atom is 0.298 e. The van der Waals surface area contributed by atoms with E-state index in [0.717, 1.165) is 22.4 Å². The summed E-state index contributed by atoms with van der Waals surface area (Å²) in [5.74, 6) is 3.45. The summed E-state index contributed by atoms with van der Waals surface area (Å²) >= 11 is 1.21. The van der Waals surface area contributed by atoms with Crippen molar-refractivity contribution in [3.05, 3.63) is 89.2 Å². The summed E-state index contributed by atoms with van der Waals surface area (Å²) in [4.78, 5) is 16.9. The summed E-state index contributed by atoms with van der Waals surface area (Å²) in [6.07, 6.45) is 1.58. The molecule has 1 N–H and O–H groups in total. The van der Waals surface area contributed by atoms with Crippen LogP contribution in [0.25, 0.3) is 0 Å². The Kier molecular flexibility index (Phi) is 8.93. The molecule has 0 atom stereocenters. The van der Waals surface area contributed by atoms with Crippen LogP contribution in [0.15, 0.2) is 66.7 Å². The van der Waals surface area contributed by atoms with Crippen LogP contribution in [0.4, 0.5) is 0 Å². The van der Waals surface area contributed by atoms with Gasteiger partial charge in [0.2, 0.25) is 5.91 Å². The molecule has 0 saturated heterocycles. The Morgan fingerprint density at radius 3 is 2.38 bits per heavy atom. The molecule has 1 aromatic heterocycles. The standard InChI is InChI=1S/C28H29N3O5S/c1-33-23-6-4-5-21(15-23)17-26-30-28(37-31-26)36-22-10-7-19(8-11-22)18-27(32)29-14-13-20-9-12-24(34-2)25(16-20)35-3/h4-12,15-16H,13-14,17-18H2,1-3H3,(H,29,32). The van der Waals surface area contributed by atoms with E-state index in [4.69, 9.17) is 18.9 Å². The maximum absolute atomic E-state index is 12.4. The molecule has 4 rings (SSSR count). The van der Waals surface area contributed by atoms with Gasteiger partial charge >= 0.3 is 0 Å². The highest BCUT2D eigenvalue weighted by molar-refractivity contribution is 7.07. The van der Waals surface area contributed by atoms with Crippen LogP contribution in [0.3, 0.4) is 0 Å². The minimum atomic E-state index is -0.0412. The van der Waals surface area contributed by atoms with Gasteiger partial charge in [-0.05, 0) is 59.5 Å². The first kappa shape index (κ1) is 26.0. The molecule has 1 heterocycles. The second-order valence-electron chi connectivity index (χ2n) is 8.22. The fraction of sp³-hybridized carbons (Fsp3) is 0.250. The van der Waals surface area contributed by atoms with E-state index in [1.807, 2.05) is 66.7 Å². The predicted molar refractivity (Wildman–Crippen MR) is 142 cm³/mol. The third kappa shape index (κ3) is 7.44. The van der Waals surface area contributed by atoms with Crippen LogP contribution >= 0.6 is 11.5 Å². The monoisotopic (exact) mass is 519 g/mol.